The van der Waals surface area contributed by atoms with Gasteiger partial charge in [-0.25, -0.2) is 0 Å². The van der Waals surface area contributed by atoms with E-state index in [0.717, 1.165) is 69.6 Å². The Morgan fingerprint density at radius 2 is 1.13 bits per heavy atom. The highest BCUT2D eigenvalue weighted by atomic mass is 32.2. The van der Waals surface area contributed by atoms with E-state index in [1.807, 2.05) is 23.5 Å². The van der Waals surface area contributed by atoms with E-state index in [1.165, 1.54) is 20.9 Å². The molecule has 2 aliphatic rings. The predicted molar refractivity (Wildman–Crippen MR) is 172 cm³/mol. The van der Waals surface area contributed by atoms with Gasteiger partial charge in [0.15, 0.2) is 0 Å². The molecule has 4 heterocycles. The third-order valence-electron chi connectivity index (χ3n) is 7.30. The van der Waals surface area contributed by atoms with Gasteiger partial charge in [-0.3, -0.25) is 0 Å². The van der Waals surface area contributed by atoms with Crippen molar-refractivity contribution in [1.82, 2.24) is 9.13 Å². The lowest BCUT2D eigenvalue weighted by molar-refractivity contribution is 0.0257. The fourth-order valence-corrected chi connectivity index (χ4v) is 8.89. The lowest BCUT2D eigenvalue weighted by Crippen LogP contribution is -2.24. The first-order chi connectivity index (χ1) is 18.0. The number of pyridine rings is 2. The van der Waals surface area contributed by atoms with Gasteiger partial charge in [0.2, 0.25) is 0 Å². The third-order valence-corrected chi connectivity index (χ3v) is 11.2. The molecule has 0 spiro atoms. The summed E-state index contributed by atoms with van der Waals surface area (Å²) in [6, 6.07) is 4.29. The van der Waals surface area contributed by atoms with Crippen molar-refractivity contribution in [3.05, 3.63) is 32.5 Å². The minimum Gasteiger partial charge on any atom is -0.379 e. The van der Waals surface area contributed by atoms with Crippen LogP contribution >= 0.6 is 73.2 Å². The average molecular weight is 629 g/mol. The molecule has 0 fully saturated rings. The van der Waals surface area contributed by atoms with E-state index < -0.39 is 0 Å². The molecule has 0 saturated carbocycles. The monoisotopic (exact) mass is 628 g/mol. The summed E-state index contributed by atoms with van der Waals surface area (Å²) >= 11 is 24.8. The molecule has 0 bridgehead atoms. The highest BCUT2D eigenvalue weighted by Gasteiger charge is 2.25. The molecule has 4 nitrogen and oxygen atoms in total. The summed E-state index contributed by atoms with van der Waals surface area (Å²) in [7, 11) is 0. The Labute approximate surface area is 257 Å². The minimum atomic E-state index is 0.0594. The fraction of sp³-hybridized carbons (Fsp3) is 0.643. The van der Waals surface area contributed by atoms with Crippen LogP contribution in [0.25, 0.3) is 0 Å². The molecule has 0 N–H and O–H groups in total. The number of fused-ring (bicyclic) bond motifs is 2. The zero-order valence-corrected chi connectivity index (χ0v) is 27.9. The fourth-order valence-electron chi connectivity index (χ4n) is 4.90. The van der Waals surface area contributed by atoms with E-state index in [1.54, 1.807) is 0 Å². The van der Waals surface area contributed by atoms with Crippen molar-refractivity contribution in [2.45, 2.75) is 86.3 Å². The maximum Gasteiger partial charge on any atom is 0.107 e. The molecule has 2 aromatic heterocycles. The van der Waals surface area contributed by atoms with Crippen LogP contribution < -0.4 is 0 Å². The number of hydrogen-bond donors (Lipinski definition) is 2. The van der Waals surface area contributed by atoms with Crippen molar-refractivity contribution < 1.29 is 9.47 Å². The number of thiol groups is 2. The second-order valence-corrected chi connectivity index (χ2v) is 15.7. The van der Waals surface area contributed by atoms with E-state index in [9.17, 15) is 0 Å². The molecule has 0 radical (unpaired) electrons. The highest BCUT2D eigenvalue weighted by Crippen LogP contribution is 2.38. The van der Waals surface area contributed by atoms with Gasteiger partial charge in [0, 0.05) is 47.6 Å². The molecule has 2 aromatic rings. The van der Waals surface area contributed by atoms with Crippen LogP contribution in [0.4, 0.5) is 0 Å². The van der Waals surface area contributed by atoms with Gasteiger partial charge < -0.3 is 18.6 Å². The Morgan fingerprint density at radius 1 is 0.737 bits per heavy atom. The molecule has 0 aromatic carbocycles. The first-order valence-corrected chi connectivity index (χ1v) is 17.0. The smallest absolute Gasteiger partial charge is 0.107 e. The number of aromatic nitrogens is 2. The van der Waals surface area contributed by atoms with E-state index in [-0.39, 0.29) is 10.8 Å². The summed E-state index contributed by atoms with van der Waals surface area (Å²) < 4.78 is 18.0. The molecular weight excluding hydrogens is 589 g/mol. The molecule has 4 rings (SSSR count). The van der Waals surface area contributed by atoms with E-state index >= 15 is 0 Å². The van der Waals surface area contributed by atoms with E-state index in [4.69, 9.17) is 59.2 Å². The maximum atomic E-state index is 5.93. The first-order valence-electron chi connectivity index (χ1n) is 13.3. The molecule has 10 heteroatoms. The lowest BCUT2D eigenvalue weighted by atomic mass is 9.89. The van der Waals surface area contributed by atoms with Gasteiger partial charge in [0.05, 0.1) is 23.3 Å². The summed E-state index contributed by atoms with van der Waals surface area (Å²) in [4.78, 5) is 2.61. The normalized spacial score (nSPS) is 15.2. The Hall–Kier alpha value is 0.0600. The second kappa shape index (κ2) is 13.4. The van der Waals surface area contributed by atoms with E-state index in [2.05, 4.69) is 49.0 Å². The van der Waals surface area contributed by atoms with Crippen molar-refractivity contribution in [3.63, 3.8) is 0 Å². The topological polar surface area (TPSA) is 28.3 Å². The number of rotatable bonds is 13. The number of hydrogen-bond acceptors (Lipinski definition) is 8. The van der Waals surface area contributed by atoms with Crippen LogP contribution in [0.5, 0.6) is 0 Å². The molecule has 38 heavy (non-hydrogen) atoms. The molecule has 0 saturated heterocycles. The van der Waals surface area contributed by atoms with Gasteiger partial charge in [-0.2, -0.15) is 0 Å². The molecule has 2 aliphatic heterocycles. The molecule has 0 amide bonds. The Kier molecular flexibility index (Phi) is 10.9. The van der Waals surface area contributed by atoms with Crippen molar-refractivity contribution in [2.24, 2.45) is 10.8 Å². The lowest BCUT2D eigenvalue weighted by Gasteiger charge is -2.28. The van der Waals surface area contributed by atoms with E-state index in [0.29, 0.717) is 26.4 Å². The number of nitrogens with zero attached hydrogens (tertiary/aromatic N) is 2. The van der Waals surface area contributed by atoms with Gasteiger partial charge in [-0.15, -0.1) is 48.8 Å². The summed E-state index contributed by atoms with van der Waals surface area (Å²) in [5.74, 6) is 2.24. The second-order valence-electron chi connectivity index (χ2n) is 11.7. The van der Waals surface area contributed by atoms with Crippen molar-refractivity contribution >= 4 is 73.2 Å². The minimum absolute atomic E-state index is 0.0594. The van der Waals surface area contributed by atoms with Crippen LogP contribution in [0.2, 0.25) is 0 Å². The van der Waals surface area contributed by atoms with Gasteiger partial charge in [0.1, 0.15) is 9.28 Å². The third kappa shape index (κ3) is 7.87. The van der Waals surface area contributed by atoms with Crippen molar-refractivity contribution in [1.29, 1.82) is 0 Å². The molecule has 0 atom stereocenters. The predicted octanol–water partition coefficient (Wildman–Crippen LogP) is 8.19. The van der Waals surface area contributed by atoms with Gasteiger partial charge >= 0.3 is 0 Å². The Bertz CT molecular complexity index is 1170. The summed E-state index contributed by atoms with van der Waals surface area (Å²) in [5.41, 5.74) is 2.81. The highest BCUT2D eigenvalue weighted by molar-refractivity contribution is 8.00. The van der Waals surface area contributed by atoms with Crippen LogP contribution in [0.15, 0.2) is 32.0 Å². The van der Waals surface area contributed by atoms with Crippen LogP contribution in [-0.4, -0.2) is 47.1 Å². The summed E-state index contributed by atoms with van der Waals surface area (Å²) in [5, 5.41) is 2.07. The largest absolute Gasteiger partial charge is 0.379 e. The summed E-state index contributed by atoms with van der Waals surface area (Å²) in [6.45, 7) is 13.4. The number of thioether (sulfide) groups is 2. The zero-order chi connectivity index (χ0) is 27.5. The zero-order valence-electron chi connectivity index (χ0n) is 22.9. The van der Waals surface area contributed by atoms with Crippen LogP contribution in [-0.2, 0) is 35.4 Å². The molecule has 0 aliphatic carbocycles. The Morgan fingerprint density at radius 3 is 1.53 bits per heavy atom. The van der Waals surface area contributed by atoms with Gasteiger partial charge in [0.25, 0.3) is 0 Å². The maximum absolute atomic E-state index is 5.93. The van der Waals surface area contributed by atoms with Gasteiger partial charge in [-0.1, -0.05) is 52.1 Å². The SMILES string of the molecule is CC(C)(CCOCCOCCC(C)(C)Cn1c(S)c2c(cc1=S)SCC2)Cn1c(S)c2c(cc1=S)SCC2. The Balaban J connectivity index is 1.15. The molecule has 210 valence electrons. The average Bonchev–Trinajstić information content (AvgIpc) is 3.51. The standard InChI is InChI=1S/C28H40N2O2S6/c1-27(2,17-29-23(33)15-21-19(25(29)35)5-13-37-21)7-9-31-11-12-32-10-8-28(3,4)18-30-24(34)16-22-20(26(30)36)6-14-38-22/h15-16,35-36H,5-14,17-18H2,1-4H3. The molecular formula is C28H40N2O2S6. The quantitative estimate of drug-likeness (QED) is 0.132. The van der Waals surface area contributed by atoms with Crippen molar-refractivity contribution in [2.75, 3.05) is 37.9 Å². The molecule has 0 unspecified atom stereocenters. The van der Waals surface area contributed by atoms with Crippen LogP contribution in [0.3, 0.4) is 0 Å². The van der Waals surface area contributed by atoms with Gasteiger partial charge in [-0.05, 0) is 59.8 Å². The number of ether oxygens (including phenoxy) is 2. The van der Waals surface area contributed by atoms with Crippen LogP contribution in [0.1, 0.15) is 51.7 Å². The van der Waals surface area contributed by atoms with Crippen molar-refractivity contribution in [3.8, 4) is 0 Å². The first kappa shape index (κ1) is 31.0. The van der Waals surface area contributed by atoms with Crippen LogP contribution in [0, 0.1) is 20.1 Å². The summed E-state index contributed by atoms with van der Waals surface area (Å²) in [6.07, 6.45) is 4.05.